The van der Waals surface area contributed by atoms with Crippen LogP contribution in [-0.4, -0.2) is 25.2 Å². The minimum absolute atomic E-state index is 0.0627. The number of epoxide rings is 1. The number of carbonyl (C=O) groups excluding carboxylic acids is 1. The molecule has 4 heteroatoms. The monoisotopic (exact) mass is 205 g/mol. The van der Waals surface area contributed by atoms with Crippen molar-refractivity contribution < 1.29 is 14.3 Å². The molecule has 1 amide bonds. The third kappa shape index (κ3) is 1.62. The molecule has 1 saturated heterocycles. The molecule has 1 aromatic rings. The fourth-order valence-electron chi connectivity index (χ4n) is 1.71. The van der Waals surface area contributed by atoms with E-state index in [1.54, 1.807) is 0 Å². The molecule has 0 radical (unpaired) electrons. The van der Waals surface area contributed by atoms with Crippen molar-refractivity contribution in [2.45, 2.75) is 12.3 Å². The summed E-state index contributed by atoms with van der Waals surface area (Å²) >= 11 is 0. The summed E-state index contributed by atoms with van der Waals surface area (Å²) in [6.07, 6.45) is -0.0902. The number of ether oxygens (including phenoxy) is 2. The zero-order chi connectivity index (χ0) is 10.3. The normalized spacial score (nSPS) is 27.3. The number of benzene rings is 1. The second kappa shape index (κ2) is 3.32. The number of amides is 1. The van der Waals surface area contributed by atoms with Gasteiger partial charge in [-0.05, 0) is 6.07 Å². The van der Waals surface area contributed by atoms with Crippen molar-refractivity contribution in [2.75, 3.05) is 13.2 Å². The zero-order valence-electron chi connectivity index (χ0n) is 8.10. The molecule has 4 nitrogen and oxygen atoms in total. The first-order chi connectivity index (χ1) is 7.34. The van der Waals surface area contributed by atoms with Crippen molar-refractivity contribution in [1.82, 2.24) is 5.32 Å². The summed E-state index contributed by atoms with van der Waals surface area (Å²) in [5.41, 5.74) is 1.63. The summed E-state index contributed by atoms with van der Waals surface area (Å²) < 4.78 is 10.6. The van der Waals surface area contributed by atoms with Crippen LogP contribution in [0.5, 0.6) is 0 Å². The fraction of sp³-hybridized carbons (Fsp3) is 0.364. The van der Waals surface area contributed by atoms with Gasteiger partial charge in [0.05, 0.1) is 13.2 Å². The Bertz CT molecular complexity index is 401. The average molecular weight is 205 g/mol. The van der Waals surface area contributed by atoms with Crippen LogP contribution in [0.15, 0.2) is 24.3 Å². The minimum Gasteiger partial charge on any atom is -0.371 e. The molecule has 0 saturated carbocycles. The Morgan fingerprint density at radius 1 is 1.47 bits per heavy atom. The molecule has 2 heterocycles. The smallest absolute Gasteiger partial charge is 0.253 e. The second-order valence-electron chi connectivity index (χ2n) is 3.73. The molecular formula is C11H11NO3. The van der Waals surface area contributed by atoms with Gasteiger partial charge in [0.25, 0.3) is 5.91 Å². The molecule has 0 aromatic heterocycles. The zero-order valence-corrected chi connectivity index (χ0v) is 8.10. The first kappa shape index (κ1) is 8.88. The molecule has 2 unspecified atom stereocenters. The molecular weight excluding hydrogens is 194 g/mol. The molecule has 0 aliphatic carbocycles. The van der Waals surface area contributed by atoms with Gasteiger partial charge in [0.2, 0.25) is 0 Å². The molecule has 15 heavy (non-hydrogen) atoms. The predicted octanol–water partition coefficient (Wildman–Crippen LogP) is 0.844. The third-order valence-corrected chi connectivity index (χ3v) is 2.60. The van der Waals surface area contributed by atoms with Crippen LogP contribution in [0, 0.1) is 0 Å². The molecule has 1 N–H and O–H groups in total. The molecule has 1 aromatic carbocycles. The van der Waals surface area contributed by atoms with Crippen LogP contribution in [-0.2, 0) is 9.47 Å². The highest BCUT2D eigenvalue weighted by molar-refractivity contribution is 5.98. The average Bonchev–Trinajstić information content (AvgIpc) is 3.03. The van der Waals surface area contributed by atoms with E-state index in [9.17, 15) is 4.79 Å². The molecule has 2 aliphatic rings. The van der Waals surface area contributed by atoms with Crippen molar-refractivity contribution in [1.29, 1.82) is 0 Å². The summed E-state index contributed by atoms with van der Waals surface area (Å²) in [4.78, 5) is 11.5. The Hall–Kier alpha value is -1.39. The van der Waals surface area contributed by atoms with Gasteiger partial charge in [-0.25, -0.2) is 0 Å². The van der Waals surface area contributed by atoms with Gasteiger partial charge in [-0.2, -0.15) is 0 Å². The van der Waals surface area contributed by atoms with E-state index in [1.165, 1.54) is 0 Å². The topological polar surface area (TPSA) is 50.9 Å². The molecule has 1 fully saturated rings. The van der Waals surface area contributed by atoms with Gasteiger partial charge in [0, 0.05) is 11.1 Å². The second-order valence-corrected chi connectivity index (χ2v) is 3.73. The lowest BCUT2D eigenvalue weighted by Crippen LogP contribution is -2.22. The van der Waals surface area contributed by atoms with Gasteiger partial charge in [0.15, 0.2) is 6.23 Å². The summed E-state index contributed by atoms with van der Waals surface area (Å²) in [5, 5.41) is 2.79. The highest BCUT2D eigenvalue weighted by Crippen LogP contribution is 2.26. The highest BCUT2D eigenvalue weighted by atomic mass is 16.6. The van der Waals surface area contributed by atoms with Crippen LogP contribution in [0.4, 0.5) is 0 Å². The highest BCUT2D eigenvalue weighted by Gasteiger charge is 2.31. The maximum atomic E-state index is 11.5. The Kier molecular flexibility index (Phi) is 1.97. The molecule has 0 bridgehead atoms. The van der Waals surface area contributed by atoms with E-state index in [1.807, 2.05) is 24.3 Å². The van der Waals surface area contributed by atoms with Crippen molar-refractivity contribution >= 4 is 5.91 Å². The van der Waals surface area contributed by atoms with Crippen molar-refractivity contribution in [3.8, 4) is 0 Å². The van der Waals surface area contributed by atoms with Crippen molar-refractivity contribution in [2.24, 2.45) is 0 Å². The molecule has 2 aliphatic heterocycles. The van der Waals surface area contributed by atoms with E-state index < -0.39 is 0 Å². The summed E-state index contributed by atoms with van der Waals surface area (Å²) in [7, 11) is 0. The number of rotatable bonds is 3. The van der Waals surface area contributed by atoms with E-state index >= 15 is 0 Å². The molecule has 78 valence electrons. The Morgan fingerprint density at radius 3 is 3.07 bits per heavy atom. The Balaban J connectivity index is 1.77. The largest absolute Gasteiger partial charge is 0.371 e. The van der Waals surface area contributed by atoms with E-state index in [-0.39, 0.29) is 18.2 Å². The number of nitrogens with one attached hydrogen (secondary N) is 1. The van der Waals surface area contributed by atoms with E-state index in [2.05, 4.69) is 5.32 Å². The molecule has 0 spiro atoms. The van der Waals surface area contributed by atoms with Crippen LogP contribution in [0.1, 0.15) is 22.1 Å². The predicted molar refractivity (Wildman–Crippen MR) is 52.3 cm³/mol. The Morgan fingerprint density at radius 2 is 2.27 bits per heavy atom. The maximum absolute atomic E-state index is 11.5. The lowest BCUT2D eigenvalue weighted by molar-refractivity contribution is 0.0260. The van der Waals surface area contributed by atoms with Gasteiger partial charge in [0.1, 0.15) is 6.10 Å². The number of hydrogen-bond donors (Lipinski definition) is 1. The lowest BCUT2D eigenvalue weighted by Gasteiger charge is -2.11. The van der Waals surface area contributed by atoms with Crippen LogP contribution in [0.2, 0.25) is 0 Å². The molecule has 3 rings (SSSR count). The Labute approximate surface area is 87.2 Å². The summed E-state index contributed by atoms with van der Waals surface area (Å²) in [6.45, 7) is 1.31. The van der Waals surface area contributed by atoms with Gasteiger partial charge >= 0.3 is 0 Å². The van der Waals surface area contributed by atoms with E-state index in [4.69, 9.17) is 9.47 Å². The third-order valence-electron chi connectivity index (χ3n) is 2.60. The molecule has 2 atom stereocenters. The van der Waals surface area contributed by atoms with E-state index in [0.29, 0.717) is 12.2 Å². The van der Waals surface area contributed by atoms with Crippen LogP contribution < -0.4 is 5.32 Å². The standard InChI is InChI=1S/C11H11NO3/c13-10-8-3-1-2-4-9(8)11(12-10)15-6-7-5-14-7/h1-4,7,11H,5-6H2,(H,12,13). The van der Waals surface area contributed by atoms with E-state index in [0.717, 1.165) is 12.2 Å². The first-order valence-electron chi connectivity index (χ1n) is 4.97. The first-order valence-corrected chi connectivity index (χ1v) is 4.97. The maximum Gasteiger partial charge on any atom is 0.253 e. The van der Waals surface area contributed by atoms with Crippen molar-refractivity contribution in [3.63, 3.8) is 0 Å². The summed E-state index contributed by atoms with van der Waals surface area (Å²) in [6, 6.07) is 7.47. The summed E-state index contributed by atoms with van der Waals surface area (Å²) in [5.74, 6) is -0.0627. The van der Waals surface area contributed by atoms with Gasteiger partial charge < -0.3 is 14.8 Å². The van der Waals surface area contributed by atoms with Gasteiger partial charge in [-0.3, -0.25) is 4.79 Å². The van der Waals surface area contributed by atoms with Gasteiger partial charge in [-0.15, -0.1) is 0 Å². The van der Waals surface area contributed by atoms with Crippen LogP contribution in [0.3, 0.4) is 0 Å². The number of hydrogen-bond acceptors (Lipinski definition) is 3. The number of fused-ring (bicyclic) bond motifs is 1. The van der Waals surface area contributed by atoms with Crippen LogP contribution >= 0.6 is 0 Å². The SMILES string of the molecule is O=C1NC(OCC2CO2)c2ccccc21. The van der Waals surface area contributed by atoms with Gasteiger partial charge in [-0.1, -0.05) is 18.2 Å². The van der Waals surface area contributed by atoms with Crippen molar-refractivity contribution in [3.05, 3.63) is 35.4 Å². The number of carbonyl (C=O) groups is 1. The lowest BCUT2D eigenvalue weighted by atomic mass is 10.1. The quantitative estimate of drug-likeness (QED) is 0.744. The fourth-order valence-corrected chi connectivity index (χ4v) is 1.71. The van der Waals surface area contributed by atoms with Crippen LogP contribution in [0.25, 0.3) is 0 Å². The minimum atomic E-state index is -0.308.